The van der Waals surface area contributed by atoms with Crippen LogP contribution in [0.15, 0.2) is 0 Å². The van der Waals surface area contributed by atoms with E-state index < -0.39 is 0 Å². The second kappa shape index (κ2) is 0.984. The van der Waals surface area contributed by atoms with Crippen molar-refractivity contribution >= 4 is 0 Å². The molecule has 0 aliphatic heterocycles. The largest absolute Gasteiger partial charge is 0.0527 e. The molecule has 5 fully saturated rings. The highest BCUT2D eigenvalue weighted by Crippen LogP contribution is 2.69. The van der Waals surface area contributed by atoms with Gasteiger partial charge in [0.05, 0.1) is 0 Å². The molecule has 0 nitrogen and oxygen atoms in total. The lowest BCUT2D eigenvalue weighted by atomic mass is 9.37. The summed E-state index contributed by atoms with van der Waals surface area (Å²) in [5.74, 6) is 4.98. The molecule has 0 aromatic carbocycles. The summed E-state index contributed by atoms with van der Waals surface area (Å²) in [5.41, 5.74) is 0. The van der Waals surface area contributed by atoms with Crippen LogP contribution in [0.3, 0.4) is 0 Å². The number of hydrogen-bond acceptors (Lipinski definition) is 0. The summed E-state index contributed by atoms with van der Waals surface area (Å²) in [5, 5.41) is 0. The molecule has 0 unspecified atom stereocenters. The van der Waals surface area contributed by atoms with Crippen molar-refractivity contribution < 1.29 is 0 Å². The van der Waals surface area contributed by atoms with Gasteiger partial charge in [0.2, 0.25) is 0 Å². The predicted octanol–water partition coefficient (Wildman–Crippen LogP) is 2.05. The Labute approximate surface area is 50.3 Å². The fourth-order valence-corrected chi connectivity index (χ4v) is 3.19. The normalized spacial score (nSPS) is 66.0. The number of rotatable bonds is 0. The van der Waals surface area contributed by atoms with Crippen LogP contribution in [0.1, 0.15) is 25.7 Å². The average molecular weight is 108 g/mol. The van der Waals surface area contributed by atoms with Crippen molar-refractivity contribution in [3.8, 4) is 0 Å². The Morgan fingerprint density at radius 2 is 1.38 bits per heavy atom. The first-order valence-electron chi connectivity index (χ1n) is 3.97. The van der Waals surface area contributed by atoms with E-state index in [1.807, 2.05) is 0 Å². The molecule has 8 heavy (non-hydrogen) atoms. The van der Waals surface area contributed by atoms with E-state index in [4.69, 9.17) is 0 Å². The van der Waals surface area contributed by atoms with Crippen LogP contribution in [0.4, 0.5) is 0 Å². The van der Waals surface area contributed by atoms with E-state index in [2.05, 4.69) is 0 Å². The standard InChI is InChI=1S/C8H12/c1-2-5-7-4-8(5)6(7)3-1/h5-8H,1-4H2. The molecule has 5 saturated carbocycles. The lowest BCUT2D eigenvalue weighted by Gasteiger charge is -2.68. The van der Waals surface area contributed by atoms with E-state index in [9.17, 15) is 0 Å². The molecule has 0 amide bonds. The van der Waals surface area contributed by atoms with Crippen LogP contribution in [0.2, 0.25) is 0 Å². The third kappa shape index (κ3) is 0.222. The van der Waals surface area contributed by atoms with Crippen molar-refractivity contribution in [1.82, 2.24) is 0 Å². The van der Waals surface area contributed by atoms with Gasteiger partial charge in [-0.15, -0.1) is 0 Å². The third-order valence-electron chi connectivity index (χ3n) is 3.82. The molecule has 5 aliphatic rings. The Morgan fingerprint density at radius 3 is 1.62 bits per heavy atom. The van der Waals surface area contributed by atoms with E-state index in [1.54, 1.807) is 25.7 Å². The lowest BCUT2D eigenvalue weighted by molar-refractivity contribution is -0.194. The summed E-state index contributed by atoms with van der Waals surface area (Å²) >= 11 is 0. The van der Waals surface area contributed by atoms with Crippen LogP contribution >= 0.6 is 0 Å². The van der Waals surface area contributed by atoms with Gasteiger partial charge in [0.1, 0.15) is 0 Å². The summed E-state index contributed by atoms with van der Waals surface area (Å²) in [4.78, 5) is 0. The van der Waals surface area contributed by atoms with Gasteiger partial charge in [0, 0.05) is 0 Å². The summed E-state index contributed by atoms with van der Waals surface area (Å²) in [7, 11) is 0. The second-order valence-electron chi connectivity index (χ2n) is 3.82. The molecule has 0 N–H and O–H groups in total. The summed E-state index contributed by atoms with van der Waals surface area (Å²) < 4.78 is 0. The minimum atomic E-state index is 1.24. The molecule has 4 bridgehead atoms. The summed E-state index contributed by atoms with van der Waals surface area (Å²) in [6.07, 6.45) is 6.36. The molecule has 0 heterocycles. The van der Waals surface area contributed by atoms with Gasteiger partial charge in [-0.3, -0.25) is 0 Å². The Balaban J connectivity index is 1.91. The molecule has 0 spiro atoms. The smallest absolute Gasteiger partial charge is 0.0349 e. The fourth-order valence-electron chi connectivity index (χ4n) is 3.19. The van der Waals surface area contributed by atoms with Gasteiger partial charge < -0.3 is 0 Å². The van der Waals surface area contributed by atoms with Crippen molar-refractivity contribution in [3.63, 3.8) is 0 Å². The minimum Gasteiger partial charge on any atom is -0.0527 e. The van der Waals surface area contributed by atoms with E-state index in [0.29, 0.717) is 0 Å². The van der Waals surface area contributed by atoms with Crippen molar-refractivity contribution in [2.24, 2.45) is 23.7 Å². The van der Waals surface area contributed by atoms with Crippen LogP contribution < -0.4 is 0 Å². The zero-order chi connectivity index (χ0) is 5.14. The molecule has 0 radical (unpaired) electrons. The van der Waals surface area contributed by atoms with Gasteiger partial charge in [-0.25, -0.2) is 0 Å². The van der Waals surface area contributed by atoms with Crippen molar-refractivity contribution in [1.29, 1.82) is 0 Å². The van der Waals surface area contributed by atoms with Crippen molar-refractivity contribution in [2.45, 2.75) is 25.7 Å². The first-order chi connectivity index (χ1) is 3.97. The van der Waals surface area contributed by atoms with Crippen LogP contribution in [0.25, 0.3) is 0 Å². The van der Waals surface area contributed by atoms with Gasteiger partial charge in [-0.05, 0) is 42.9 Å². The first kappa shape index (κ1) is 3.92. The monoisotopic (exact) mass is 108 g/mol. The molecular weight excluding hydrogens is 96.1 g/mol. The molecule has 0 heteroatoms. The molecule has 5 aliphatic carbocycles. The molecule has 0 aromatic heterocycles. The van der Waals surface area contributed by atoms with Gasteiger partial charge >= 0.3 is 0 Å². The molecule has 0 aromatic rings. The maximum atomic E-state index is 1.62. The first-order valence-corrected chi connectivity index (χ1v) is 3.97. The summed E-state index contributed by atoms with van der Waals surface area (Å²) in [6.45, 7) is 0. The van der Waals surface area contributed by atoms with Crippen LogP contribution in [0.5, 0.6) is 0 Å². The van der Waals surface area contributed by atoms with E-state index in [-0.39, 0.29) is 0 Å². The number of hydrogen-bond donors (Lipinski definition) is 0. The maximum Gasteiger partial charge on any atom is -0.0349 e. The quantitative estimate of drug-likeness (QED) is 0.445. The topological polar surface area (TPSA) is 0 Å². The predicted molar refractivity (Wildman–Crippen MR) is 32.4 cm³/mol. The highest BCUT2D eigenvalue weighted by atomic mass is 14.7. The average Bonchev–Trinajstić information content (AvgIpc) is 1.61. The molecular formula is C8H12. The van der Waals surface area contributed by atoms with Crippen molar-refractivity contribution in [2.75, 3.05) is 0 Å². The molecule has 5 rings (SSSR count). The van der Waals surface area contributed by atoms with Gasteiger partial charge in [-0.2, -0.15) is 0 Å². The third-order valence-corrected chi connectivity index (χ3v) is 3.82. The Bertz CT molecular complexity index is 102. The molecule has 44 valence electrons. The Morgan fingerprint density at radius 1 is 0.750 bits per heavy atom. The Kier molecular flexibility index (Phi) is 0.482. The highest BCUT2D eigenvalue weighted by Gasteiger charge is 2.61. The number of fused-ring (bicyclic) bond motifs is 2. The van der Waals surface area contributed by atoms with Crippen LogP contribution in [-0.2, 0) is 0 Å². The van der Waals surface area contributed by atoms with Crippen molar-refractivity contribution in [3.05, 3.63) is 0 Å². The SMILES string of the molecule is C1CC2C3CC2C3C1. The van der Waals surface area contributed by atoms with Gasteiger partial charge in [-0.1, -0.05) is 6.42 Å². The van der Waals surface area contributed by atoms with Gasteiger partial charge in [0.25, 0.3) is 0 Å². The molecule has 0 atom stereocenters. The highest BCUT2D eigenvalue weighted by molar-refractivity contribution is 5.10. The lowest BCUT2D eigenvalue weighted by Crippen LogP contribution is -2.61. The maximum absolute atomic E-state index is 1.62. The van der Waals surface area contributed by atoms with E-state index in [1.165, 1.54) is 23.7 Å². The van der Waals surface area contributed by atoms with Gasteiger partial charge in [0.15, 0.2) is 0 Å². The fraction of sp³-hybridized carbons (Fsp3) is 1.00. The molecule has 0 saturated heterocycles. The zero-order valence-electron chi connectivity index (χ0n) is 5.14. The zero-order valence-corrected chi connectivity index (χ0v) is 5.14. The van der Waals surface area contributed by atoms with Crippen LogP contribution in [-0.4, -0.2) is 0 Å². The Hall–Kier alpha value is 0. The second-order valence-corrected chi connectivity index (χ2v) is 3.82. The minimum absolute atomic E-state index is 1.24. The van der Waals surface area contributed by atoms with E-state index in [0.717, 1.165) is 0 Å². The van der Waals surface area contributed by atoms with Crippen LogP contribution in [0, 0.1) is 23.7 Å². The van der Waals surface area contributed by atoms with E-state index >= 15 is 0 Å². The summed E-state index contributed by atoms with van der Waals surface area (Å²) in [6, 6.07) is 0.